The summed E-state index contributed by atoms with van der Waals surface area (Å²) in [6, 6.07) is 14.9. The number of aliphatic imine (C=N–C) groups is 1. The summed E-state index contributed by atoms with van der Waals surface area (Å²) in [6.07, 6.45) is 2.08. The van der Waals surface area contributed by atoms with Gasteiger partial charge in [0.05, 0.1) is 0 Å². The van der Waals surface area contributed by atoms with Crippen molar-refractivity contribution in [1.29, 1.82) is 0 Å². The summed E-state index contributed by atoms with van der Waals surface area (Å²) in [5.74, 6) is 0.391. The molecular formula is C22H23FN4OS. The SMILES string of the molecule is CN=C(NCCc1c[nH]c2cc(F)ccc12)NCC(O)c1cc2ccccc2s1. The molecule has 2 aromatic carbocycles. The number of benzene rings is 2. The second kappa shape index (κ2) is 8.63. The predicted molar refractivity (Wildman–Crippen MR) is 118 cm³/mol. The summed E-state index contributed by atoms with van der Waals surface area (Å²) in [5, 5.41) is 19.1. The van der Waals surface area contributed by atoms with Crippen molar-refractivity contribution in [2.75, 3.05) is 20.1 Å². The van der Waals surface area contributed by atoms with Gasteiger partial charge in [-0.05, 0) is 47.7 Å². The topological polar surface area (TPSA) is 72.4 Å². The standard InChI is InChI=1S/C22H23FN4OS/c1-24-22(25-9-8-15-12-26-18-11-16(23)6-7-17(15)18)27-13-19(28)21-10-14-4-2-3-5-20(14)29-21/h2-7,10-12,19,26,28H,8-9,13H2,1H3,(H2,24,25,27). The molecule has 7 heteroatoms. The normalized spacial score (nSPS) is 13.1. The molecule has 0 fully saturated rings. The minimum atomic E-state index is -0.602. The van der Waals surface area contributed by atoms with Gasteiger partial charge in [0.2, 0.25) is 0 Å². The third kappa shape index (κ3) is 4.41. The number of rotatable bonds is 6. The molecule has 5 nitrogen and oxygen atoms in total. The molecule has 0 radical (unpaired) electrons. The Hall–Kier alpha value is -2.90. The Morgan fingerprint density at radius 3 is 2.90 bits per heavy atom. The van der Waals surface area contributed by atoms with Crippen LogP contribution in [-0.4, -0.2) is 36.2 Å². The van der Waals surface area contributed by atoms with E-state index in [0.29, 0.717) is 19.0 Å². The van der Waals surface area contributed by atoms with Crippen molar-refractivity contribution in [3.8, 4) is 0 Å². The Morgan fingerprint density at radius 1 is 1.21 bits per heavy atom. The van der Waals surface area contributed by atoms with E-state index in [1.54, 1.807) is 24.5 Å². The van der Waals surface area contributed by atoms with Gasteiger partial charge in [0.15, 0.2) is 5.96 Å². The second-order valence-corrected chi connectivity index (χ2v) is 7.95. The first-order valence-corrected chi connectivity index (χ1v) is 10.3. The first kappa shape index (κ1) is 19.4. The average molecular weight is 411 g/mol. The van der Waals surface area contributed by atoms with Gasteiger partial charge in [0, 0.05) is 46.8 Å². The highest BCUT2D eigenvalue weighted by Crippen LogP contribution is 2.29. The van der Waals surface area contributed by atoms with Gasteiger partial charge in [-0.15, -0.1) is 11.3 Å². The first-order valence-electron chi connectivity index (χ1n) is 9.50. The van der Waals surface area contributed by atoms with Crippen LogP contribution in [0.2, 0.25) is 0 Å². The summed E-state index contributed by atoms with van der Waals surface area (Å²) in [6.45, 7) is 1.04. The molecule has 1 unspecified atom stereocenters. The molecule has 1 atom stereocenters. The molecule has 2 aromatic heterocycles. The molecule has 0 aliphatic rings. The number of nitrogens with one attached hydrogen (secondary N) is 3. The van der Waals surface area contributed by atoms with Crippen LogP contribution in [0.25, 0.3) is 21.0 Å². The fourth-order valence-corrected chi connectivity index (χ4v) is 4.41. The van der Waals surface area contributed by atoms with Crippen molar-refractivity contribution in [1.82, 2.24) is 15.6 Å². The van der Waals surface area contributed by atoms with Crippen molar-refractivity contribution in [2.45, 2.75) is 12.5 Å². The maximum absolute atomic E-state index is 13.3. The Balaban J connectivity index is 1.30. The van der Waals surface area contributed by atoms with Gasteiger partial charge in [-0.3, -0.25) is 4.99 Å². The van der Waals surface area contributed by atoms with Crippen molar-refractivity contribution in [3.05, 3.63) is 71.0 Å². The second-order valence-electron chi connectivity index (χ2n) is 6.84. The average Bonchev–Trinajstić information content (AvgIpc) is 3.34. The molecule has 0 bridgehead atoms. The highest BCUT2D eigenvalue weighted by atomic mass is 32.1. The van der Waals surface area contributed by atoms with Gasteiger partial charge in [0.1, 0.15) is 11.9 Å². The number of hydrogen-bond donors (Lipinski definition) is 4. The zero-order valence-corrected chi connectivity index (χ0v) is 16.9. The number of nitrogens with zero attached hydrogens (tertiary/aromatic N) is 1. The molecule has 4 aromatic rings. The molecule has 4 rings (SSSR count). The lowest BCUT2D eigenvalue weighted by Gasteiger charge is -2.14. The van der Waals surface area contributed by atoms with Crippen molar-refractivity contribution < 1.29 is 9.50 Å². The minimum absolute atomic E-state index is 0.245. The smallest absolute Gasteiger partial charge is 0.191 e. The van der Waals surface area contributed by atoms with Crippen LogP contribution in [0, 0.1) is 5.82 Å². The van der Waals surface area contributed by atoms with Crippen LogP contribution in [0.5, 0.6) is 0 Å². The van der Waals surface area contributed by atoms with Crippen LogP contribution >= 0.6 is 11.3 Å². The number of aromatic amines is 1. The van der Waals surface area contributed by atoms with Crippen LogP contribution in [0.15, 0.2) is 59.7 Å². The molecule has 29 heavy (non-hydrogen) atoms. The number of guanidine groups is 1. The molecule has 0 aliphatic heterocycles. The number of aliphatic hydroxyl groups is 1. The molecule has 0 saturated heterocycles. The van der Waals surface area contributed by atoms with Gasteiger partial charge >= 0.3 is 0 Å². The Kier molecular flexibility index (Phi) is 5.78. The van der Waals surface area contributed by atoms with Crippen molar-refractivity contribution in [3.63, 3.8) is 0 Å². The maximum atomic E-state index is 13.3. The number of halogens is 1. The number of hydrogen-bond acceptors (Lipinski definition) is 3. The number of aromatic nitrogens is 1. The Labute approximate surface area is 172 Å². The van der Waals surface area contributed by atoms with E-state index in [1.165, 1.54) is 16.8 Å². The third-order valence-electron chi connectivity index (χ3n) is 4.88. The van der Waals surface area contributed by atoms with E-state index in [1.807, 2.05) is 24.4 Å². The van der Waals surface area contributed by atoms with Crippen molar-refractivity contribution >= 4 is 38.3 Å². The largest absolute Gasteiger partial charge is 0.386 e. The van der Waals surface area contributed by atoms with Crippen LogP contribution in [-0.2, 0) is 6.42 Å². The van der Waals surface area contributed by atoms with E-state index in [-0.39, 0.29) is 5.82 Å². The summed E-state index contributed by atoms with van der Waals surface area (Å²) in [5.41, 5.74) is 1.92. The molecule has 0 amide bonds. The van der Waals surface area contributed by atoms with Gasteiger partial charge in [-0.1, -0.05) is 18.2 Å². The minimum Gasteiger partial charge on any atom is -0.386 e. The predicted octanol–water partition coefficient (Wildman–Crippen LogP) is 3.96. The number of fused-ring (bicyclic) bond motifs is 2. The zero-order chi connectivity index (χ0) is 20.2. The summed E-state index contributed by atoms with van der Waals surface area (Å²) in [7, 11) is 1.70. The third-order valence-corrected chi connectivity index (χ3v) is 6.09. The molecule has 0 spiro atoms. The number of aliphatic hydroxyl groups excluding tert-OH is 1. The quantitative estimate of drug-likeness (QED) is 0.287. The van der Waals surface area contributed by atoms with E-state index in [4.69, 9.17) is 0 Å². The molecular weight excluding hydrogens is 387 g/mol. The first-order chi connectivity index (χ1) is 14.1. The lowest BCUT2D eigenvalue weighted by Crippen LogP contribution is -2.40. The monoisotopic (exact) mass is 410 g/mol. The molecule has 150 valence electrons. The number of thiophene rings is 1. The summed E-state index contributed by atoms with van der Waals surface area (Å²) in [4.78, 5) is 8.25. The number of H-pyrrole nitrogens is 1. The van der Waals surface area contributed by atoms with Crippen LogP contribution in [0.3, 0.4) is 0 Å². The Bertz CT molecular complexity index is 1120. The van der Waals surface area contributed by atoms with Crippen LogP contribution in [0.1, 0.15) is 16.5 Å². The highest BCUT2D eigenvalue weighted by Gasteiger charge is 2.12. The van der Waals surface area contributed by atoms with Gasteiger partial charge < -0.3 is 20.7 Å². The lowest BCUT2D eigenvalue weighted by molar-refractivity contribution is 0.184. The summed E-state index contributed by atoms with van der Waals surface area (Å²) >= 11 is 1.60. The molecule has 4 N–H and O–H groups in total. The lowest BCUT2D eigenvalue weighted by atomic mass is 10.1. The fraction of sp³-hybridized carbons (Fsp3) is 0.227. The van der Waals surface area contributed by atoms with E-state index >= 15 is 0 Å². The van der Waals surface area contributed by atoms with E-state index < -0.39 is 6.10 Å². The van der Waals surface area contributed by atoms with Crippen LogP contribution < -0.4 is 10.6 Å². The van der Waals surface area contributed by atoms with E-state index in [2.05, 4.69) is 32.7 Å². The van der Waals surface area contributed by atoms with E-state index in [9.17, 15) is 9.50 Å². The Morgan fingerprint density at radius 2 is 2.07 bits per heavy atom. The maximum Gasteiger partial charge on any atom is 0.191 e. The summed E-state index contributed by atoms with van der Waals surface area (Å²) < 4.78 is 14.5. The zero-order valence-electron chi connectivity index (χ0n) is 16.1. The highest BCUT2D eigenvalue weighted by molar-refractivity contribution is 7.19. The van der Waals surface area contributed by atoms with Gasteiger partial charge in [-0.25, -0.2) is 4.39 Å². The van der Waals surface area contributed by atoms with E-state index in [0.717, 1.165) is 33.2 Å². The molecule has 0 aliphatic carbocycles. The van der Waals surface area contributed by atoms with Gasteiger partial charge in [-0.2, -0.15) is 0 Å². The molecule has 2 heterocycles. The van der Waals surface area contributed by atoms with Gasteiger partial charge in [0.25, 0.3) is 0 Å². The van der Waals surface area contributed by atoms with Crippen molar-refractivity contribution in [2.24, 2.45) is 4.99 Å². The van der Waals surface area contributed by atoms with Crippen LogP contribution in [0.4, 0.5) is 4.39 Å². The fourth-order valence-electron chi connectivity index (χ4n) is 3.36. The molecule has 0 saturated carbocycles.